The van der Waals surface area contributed by atoms with Gasteiger partial charge in [0.15, 0.2) is 19.1 Å². The van der Waals surface area contributed by atoms with E-state index in [1.165, 1.54) is 12.2 Å². The number of nitrogens with two attached hydrogens (primary N) is 1. The van der Waals surface area contributed by atoms with Crippen LogP contribution < -0.4 is 15.3 Å². The predicted octanol–water partition coefficient (Wildman–Crippen LogP) is -6.94. The van der Waals surface area contributed by atoms with Crippen LogP contribution in [0.4, 0.5) is 0 Å². The molecule has 3 rings (SSSR count). The number of carboxylic acids is 1. The molecule has 3 heterocycles. The van der Waals surface area contributed by atoms with E-state index in [1.807, 2.05) is 0 Å². The topological polar surface area (TPSA) is 246 Å². The summed E-state index contributed by atoms with van der Waals surface area (Å²) in [5.41, 5.74) is -2.51. The van der Waals surface area contributed by atoms with Gasteiger partial charge in [-0.1, -0.05) is 18.2 Å². The number of likely N-dealkylation sites (tertiary alicyclic amines) is 1. The molecule has 0 spiro atoms. The largest absolute Gasteiger partial charge is 0.550 e. The molecule has 0 amide bonds. The number of methoxy groups -OCH3 is 1. The minimum absolute atomic E-state index is 0.105. The third-order valence-electron chi connectivity index (χ3n) is 7.96. The van der Waals surface area contributed by atoms with Gasteiger partial charge in [0, 0.05) is 11.8 Å². The fourth-order valence-corrected chi connectivity index (χ4v) is 5.68. The molecule has 16 nitrogen and oxygen atoms in total. The Morgan fingerprint density at radius 3 is 2.56 bits per heavy atom. The lowest BCUT2D eigenvalue weighted by Gasteiger charge is -2.48. The van der Waals surface area contributed by atoms with Gasteiger partial charge in [0.05, 0.1) is 52.3 Å². The number of aliphatic hydroxyl groups is 6. The van der Waals surface area contributed by atoms with Gasteiger partial charge < -0.3 is 74.4 Å². The Labute approximate surface area is 248 Å². The van der Waals surface area contributed by atoms with E-state index in [0.29, 0.717) is 13.1 Å². The number of nitrogens with one attached hydrogen (secondary N) is 1. The number of rotatable bonds is 13. The molecule has 16 heteroatoms. The van der Waals surface area contributed by atoms with Crippen LogP contribution in [-0.2, 0) is 33.3 Å². The molecule has 244 valence electrons. The molecule has 0 radical (unpaired) electrons. The summed E-state index contributed by atoms with van der Waals surface area (Å²) in [5.74, 6) is -7.56. The zero-order chi connectivity index (χ0) is 31.9. The molecule has 0 aliphatic carbocycles. The first kappa shape index (κ1) is 35.0. The number of carbonyl (C=O) groups is 2. The number of ether oxygens (including phenoxy) is 5. The van der Waals surface area contributed by atoms with Crippen LogP contribution in [0.1, 0.15) is 6.42 Å². The summed E-state index contributed by atoms with van der Waals surface area (Å²) in [6.45, 7) is 3.69. The molecular formula is C27H43N2O14+. The molecule has 0 aromatic carbocycles. The van der Waals surface area contributed by atoms with Gasteiger partial charge in [0.25, 0.3) is 0 Å². The first-order chi connectivity index (χ1) is 20.4. The van der Waals surface area contributed by atoms with Crippen molar-refractivity contribution in [1.82, 2.24) is 0 Å². The Hall–Kier alpha value is -2.48. The number of aliphatic carboxylic acids is 1. The fraction of sp³-hybridized carbons (Fsp3) is 0.704. The second-order valence-corrected chi connectivity index (χ2v) is 10.9. The Kier molecular flexibility index (Phi) is 12.2. The molecular weight excluding hydrogens is 576 g/mol. The average molecular weight is 620 g/mol. The van der Waals surface area contributed by atoms with Crippen molar-refractivity contribution >= 4 is 11.9 Å². The van der Waals surface area contributed by atoms with Crippen molar-refractivity contribution in [1.29, 1.82) is 0 Å². The molecule has 43 heavy (non-hydrogen) atoms. The summed E-state index contributed by atoms with van der Waals surface area (Å²) in [4.78, 5) is 25.2. The van der Waals surface area contributed by atoms with Crippen molar-refractivity contribution in [3.63, 3.8) is 0 Å². The molecule has 0 aromatic heterocycles. The van der Waals surface area contributed by atoms with E-state index in [2.05, 4.69) is 6.58 Å². The maximum absolute atomic E-state index is 12.7. The Balaban J connectivity index is 1.96. The zero-order valence-corrected chi connectivity index (χ0v) is 24.1. The highest BCUT2D eigenvalue weighted by Gasteiger charge is 2.58. The first-order valence-corrected chi connectivity index (χ1v) is 14.0. The van der Waals surface area contributed by atoms with Gasteiger partial charge in [0.2, 0.25) is 12.1 Å². The zero-order valence-electron chi connectivity index (χ0n) is 24.1. The molecule has 0 bridgehead atoms. The van der Waals surface area contributed by atoms with Crippen LogP contribution in [0, 0.1) is 17.8 Å². The standard InChI is InChI=1S/C27H42N2O14/c1-4-17-24(43-25-21(41-14-28-2)27(37,38)20(32)19(12-31)42-25)40-13-18(23(35)39-3)26(17,36)6-5-15-9-16(22(33)34)11-29(10-15)7-8-30/h4-6,13,15-17,19-21,24-25,28,30-32,36-38H,1,7-12,14H2,2-3H3,(H,33,34)/p+1/t15?,16?,17-,19+,20+,21+,24+,25-,26+/m0/s1. The van der Waals surface area contributed by atoms with E-state index in [-0.39, 0.29) is 31.9 Å². The Morgan fingerprint density at radius 2 is 1.98 bits per heavy atom. The molecule has 2 saturated heterocycles. The molecule has 0 aromatic rings. The van der Waals surface area contributed by atoms with Crippen LogP contribution in [0.25, 0.3) is 0 Å². The summed E-state index contributed by atoms with van der Waals surface area (Å²) in [6.07, 6.45) is -3.14. The van der Waals surface area contributed by atoms with Gasteiger partial charge in [0.1, 0.15) is 36.2 Å². The lowest BCUT2D eigenvalue weighted by molar-refractivity contribution is -0.911. The predicted molar refractivity (Wildman–Crippen MR) is 140 cm³/mol. The number of aliphatic hydroxyl groups excluding tert-OH is 3. The SMILES string of the molecule is C=C[C@H]1[C@@H](O[C@@H]2O[C@H](CO)[C@@H](O)C(O)(O)[C@@H]2OC[NH2+]C)OC=C(C(=O)OC)[C@@]1(O)C=CC1CC(C(=O)[O-])C[NH+](CCO)C1. The van der Waals surface area contributed by atoms with Crippen molar-refractivity contribution in [2.24, 2.45) is 17.8 Å². The number of esters is 1. The fourth-order valence-electron chi connectivity index (χ4n) is 5.68. The smallest absolute Gasteiger partial charge is 0.340 e. The van der Waals surface area contributed by atoms with E-state index >= 15 is 0 Å². The number of quaternary nitrogens is 2. The summed E-state index contributed by atoms with van der Waals surface area (Å²) >= 11 is 0. The van der Waals surface area contributed by atoms with Crippen LogP contribution in [0.2, 0.25) is 0 Å². The monoisotopic (exact) mass is 619 g/mol. The number of hydrogen-bond donors (Lipinski definition) is 8. The Bertz CT molecular complexity index is 1040. The minimum atomic E-state index is -2.93. The van der Waals surface area contributed by atoms with E-state index in [1.54, 1.807) is 18.4 Å². The second-order valence-electron chi connectivity index (χ2n) is 10.9. The van der Waals surface area contributed by atoms with Crippen LogP contribution in [0.5, 0.6) is 0 Å². The lowest BCUT2D eigenvalue weighted by atomic mass is 9.77. The van der Waals surface area contributed by atoms with Crippen molar-refractivity contribution in [2.45, 2.75) is 48.7 Å². The highest BCUT2D eigenvalue weighted by molar-refractivity contribution is 5.91. The van der Waals surface area contributed by atoms with Crippen molar-refractivity contribution in [2.75, 3.05) is 53.7 Å². The molecule has 3 aliphatic rings. The third kappa shape index (κ3) is 7.61. The van der Waals surface area contributed by atoms with Gasteiger partial charge >= 0.3 is 5.97 Å². The summed E-state index contributed by atoms with van der Waals surface area (Å²) in [6, 6.07) is 0. The van der Waals surface area contributed by atoms with E-state index in [9.17, 15) is 45.3 Å². The van der Waals surface area contributed by atoms with Crippen molar-refractivity contribution in [3.05, 3.63) is 36.6 Å². The second kappa shape index (κ2) is 15.0. The van der Waals surface area contributed by atoms with Crippen LogP contribution >= 0.6 is 0 Å². The highest BCUT2D eigenvalue weighted by Crippen LogP contribution is 2.40. The molecule has 0 saturated carbocycles. The molecule has 3 aliphatic heterocycles. The molecule has 9 N–H and O–H groups in total. The van der Waals surface area contributed by atoms with Gasteiger partial charge in [-0.25, -0.2) is 4.79 Å². The summed E-state index contributed by atoms with van der Waals surface area (Å²) < 4.78 is 27.4. The van der Waals surface area contributed by atoms with E-state index < -0.39 is 78.6 Å². The molecule has 3 unspecified atom stereocenters. The van der Waals surface area contributed by atoms with Gasteiger partial charge in [-0.15, -0.1) is 6.58 Å². The summed E-state index contributed by atoms with van der Waals surface area (Å²) in [5, 5.41) is 76.0. The third-order valence-corrected chi connectivity index (χ3v) is 7.96. The normalized spacial score (nSPS) is 37.8. The molecule has 10 atom stereocenters. The van der Waals surface area contributed by atoms with Crippen molar-refractivity contribution < 1.29 is 79.2 Å². The molecule has 2 fully saturated rings. The van der Waals surface area contributed by atoms with Gasteiger partial charge in [-0.2, -0.15) is 0 Å². The maximum Gasteiger partial charge on any atom is 0.340 e. The van der Waals surface area contributed by atoms with E-state index in [0.717, 1.165) is 18.3 Å². The van der Waals surface area contributed by atoms with Crippen LogP contribution in [0.15, 0.2) is 36.6 Å². The van der Waals surface area contributed by atoms with Crippen LogP contribution in [-0.4, -0.2) is 139 Å². The summed E-state index contributed by atoms with van der Waals surface area (Å²) in [7, 11) is 2.74. The van der Waals surface area contributed by atoms with E-state index in [4.69, 9.17) is 23.7 Å². The quantitative estimate of drug-likeness (QED) is 0.0543. The number of piperidine rings is 1. The first-order valence-electron chi connectivity index (χ1n) is 14.0. The van der Waals surface area contributed by atoms with Gasteiger partial charge in [-0.05, 0) is 6.42 Å². The lowest BCUT2D eigenvalue weighted by Crippen LogP contribution is -3.15. The number of carbonyl (C=O) groups excluding carboxylic acids is 2. The van der Waals surface area contributed by atoms with Crippen LogP contribution in [0.3, 0.4) is 0 Å². The maximum atomic E-state index is 12.7. The van der Waals surface area contributed by atoms with Gasteiger partial charge in [-0.3, -0.25) is 0 Å². The average Bonchev–Trinajstić information content (AvgIpc) is 2.97. The Morgan fingerprint density at radius 1 is 1.26 bits per heavy atom. The number of hydrogen-bond acceptors (Lipinski definition) is 14. The van der Waals surface area contributed by atoms with Crippen molar-refractivity contribution in [3.8, 4) is 0 Å². The highest BCUT2D eigenvalue weighted by atomic mass is 16.8. The number of carboxylic acid groups (broad SMARTS) is 1. The minimum Gasteiger partial charge on any atom is -0.550 e.